The molecule has 9 heteroatoms. The van der Waals surface area contributed by atoms with Gasteiger partial charge in [-0.05, 0) is 12.0 Å². The number of carboxylic acid groups (broad SMARTS) is 1. The number of carbonyl (C=O) groups excluding carboxylic acids is 1. The molecule has 0 aromatic heterocycles. The molecule has 9 nitrogen and oxygen atoms in total. The average Bonchev–Trinajstić information content (AvgIpc) is 2.56. The summed E-state index contributed by atoms with van der Waals surface area (Å²) in [7, 11) is 1.28. The van der Waals surface area contributed by atoms with Crippen molar-refractivity contribution in [3.8, 4) is 11.5 Å². The number of nitrogens with zero attached hydrogens (tertiary/aromatic N) is 1. The molecule has 0 radical (unpaired) electrons. The third-order valence-electron chi connectivity index (χ3n) is 3.51. The van der Waals surface area contributed by atoms with Crippen molar-refractivity contribution < 1.29 is 29.1 Å². The second-order valence-corrected chi connectivity index (χ2v) is 5.15. The number of nitro groups is 1. The van der Waals surface area contributed by atoms with Gasteiger partial charge in [0.2, 0.25) is 5.75 Å². The lowest BCUT2D eigenvalue weighted by molar-refractivity contribution is -0.385. The molecule has 0 unspecified atom stereocenters. The van der Waals surface area contributed by atoms with Gasteiger partial charge in [0.1, 0.15) is 11.8 Å². The number of amides is 1. The van der Waals surface area contributed by atoms with Crippen LogP contribution < -0.4 is 14.8 Å². The molecule has 1 amide bonds. The number of carbonyl (C=O) groups is 2. The maximum Gasteiger partial charge on any atom is 0.326 e. The van der Waals surface area contributed by atoms with Crippen LogP contribution >= 0.6 is 0 Å². The Kier molecular flexibility index (Phi) is 6.97. The van der Waals surface area contributed by atoms with Crippen LogP contribution in [0.1, 0.15) is 20.3 Å². The number of hydrogen-bond acceptors (Lipinski definition) is 6. The number of nitro benzene ring substituents is 1. The second-order valence-electron chi connectivity index (χ2n) is 5.15. The van der Waals surface area contributed by atoms with Crippen molar-refractivity contribution in [1.29, 1.82) is 0 Å². The molecule has 132 valence electrons. The minimum Gasteiger partial charge on any atom is -0.490 e. The van der Waals surface area contributed by atoms with Gasteiger partial charge in [-0.1, -0.05) is 20.3 Å². The summed E-state index contributed by atoms with van der Waals surface area (Å²) in [6, 6.07) is 2.81. The lowest BCUT2D eigenvalue weighted by atomic mass is 9.99. The first-order chi connectivity index (χ1) is 11.3. The monoisotopic (exact) mass is 340 g/mol. The van der Waals surface area contributed by atoms with Crippen LogP contribution in [0.5, 0.6) is 11.5 Å². The minimum absolute atomic E-state index is 0.000857. The van der Waals surface area contributed by atoms with E-state index in [2.05, 4.69) is 5.32 Å². The number of nitrogens with one attached hydrogen (secondary N) is 1. The first-order valence-corrected chi connectivity index (χ1v) is 7.27. The van der Waals surface area contributed by atoms with E-state index in [0.717, 1.165) is 0 Å². The zero-order valence-corrected chi connectivity index (χ0v) is 13.6. The molecule has 1 rings (SSSR count). The van der Waals surface area contributed by atoms with Crippen molar-refractivity contribution >= 4 is 17.6 Å². The van der Waals surface area contributed by atoms with E-state index < -0.39 is 29.4 Å². The molecule has 2 atom stereocenters. The van der Waals surface area contributed by atoms with Crippen molar-refractivity contribution in [2.75, 3.05) is 13.7 Å². The molecule has 0 aliphatic carbocycles. The molecule has 1 aromatic carbocycles. The Morgan fingerprint density at radius 1 is 1.42 bits per heavy atom. The lowest BCUT2D eigenvalue weighted by Gasteiger charge is -2.20. The highest BCUT2D eigenvalue weighted by molar-refractivity contribution is 5.84. The highest BCUT2D eigenvalue weighted by Gasteiger charge is 2.25. The van der Waals surface area contributed by atoms with Crippen LogP contribution in [0.15, 0.2) is 18.2 Å². The molecule has 0 bridgehead atoms. The topological polar surface area (TPSA) is 128 Å². The molecule has 0 spiro atoms. The predicted octanol–water partition coefficient (Wildman–Crippen LogP) is 1.60. The van der Waals surface area contributed by atoms with Crippen molar-refractivity contribution in [3.05, 3.63) is 28.3 Å². The Morgan fingerprint density at radius 3 is 2.58 bits per heavy atom. The summed E-state index contributed by atoms with van der Waals surface area (Å²) >= 11 is 0. The molecular formula is C15H20N2O7. The number of methoxy groups -OCH3 is 1. The van der Waals surface area contributed by atoms with Gasteiger partial charge >= 0.3 is 11.7 Å². The van der Waals surface area contributed by atoms with Gasteiger partial charge in [-0.25, -0.2) is 4.79 Å². The Balaban J connectivity index is 2.70. The summed E-state index contributed by atoms with van der Waals surface area (Å²) in [6.07, 6.45) is 0.595. The van der Waals surface area contributed by atoms with Crippen LogP contribution in [0.25, 0.3) is 0 Å². The lowest BCUT2D eigenvalue weighted by Crippen LogP contribution is -2.46. The molecule has 0 fully saturated rings. The molecule has 0 saturated heterocycles. The van der Waals surface area contributed by atoms with Crippen molar-refractivity contribution in [2.45, 2.75) is 26.3 Å². The van der Waals surface area contributed by atoms with Gasteiger partial charge in [-0.15, -0.1) is 0 Å². The molecule has 0 heterocycles. The van der Waals surface area contributed by atoms with Crippen LogP contribution in [0.2, 0.25) is 0 Å². The molecule has 0 saturated carbocycles. The van der Waals surface area contributed by atoms with Gasteiger partial charge in [0, 0.05) is 12.1 Å². The van der Waals surface area contributed by atoms with E-state index in [9.17, 15) is 19.7 Å². The first kappa shape index (κ1) is 19.2. The van der Waals surface area contributed by atoms with Gasteiger partial charge in [0.05, 0.1) is 12.0 Å². The van der Waals surface area contributed by atoms with Crippen molar-refractivity contribution in [3.63, 3.8) is 0 Å². The molecule has 24 heavy (non-hydrogen) atoms. The molecule has 0 aliphatic heterocycles. The highest BCUT2D eigenvalue weighted by atomic mass is 16.6. The van der Waals surface area contributed by atoms with Crippen LogP contribution in [0.3, 0.4) is 0 Å². The van der Waals surface area contributed by atoms with Crippen molar-refractivity contribution in [2.24, 2.45) is 5.92 Å². The van der Waals surface area contributed by atoms with E-state index in [1.807, 2.05) is 6.92 Å². The Bertz CT molecular complexity index is 618. The maximum atomic E-state index is 11.8. The summed E-state index contributed by atoms with van der Waals surface area (Å²) in [6.45, 7) is 3.13. The number of benzene rings is 1. The standard InChI is InChI=1S/C15H20N2O7/c1-4-9(2)14(15(19)20)16-13(18)8-24-10-5-6-11(17(21)22)12(7-10)23-3/h5-7,9,14H,4,8H2,1-3H3,(H,16,18)(H,19,20)/t9-,14-/m0/s1. The number of rotatable bonds is 9. The third-order valence-corrected chi connectivity index (χ3v) is 3.51. The number of carboxylic acids is 1. The van der Waals surface area contributed by atoms with E-state index in [1.165, 1.54) is 25.3 Å². The summed E-state index contributed by atoms with van der Waals surface area (Å²) < 4.78 is 10.1. The fourth-order valence-electron chi connectivity index (χ4n) is 1.95. The van der Waals surface area contributed by atoms with Crippen LogP contribution in [-0.2, 0) is 9.59 Å². The Labute approximate surface area is 138 Å². The van der Waals surface area contributed by atoms with Gasteiger partial charge < -0.3 is 19.9 Å². The van der Waals surface area contributed by atoms with E-state index in [1.54, 1.807) is 6.92 Å². The third kappa shape index (κ3) is 5.11. The SMILES string of the molecule is CC[C@H](C)[C@H](NC(=O)COc1ccc([N+](=O)[O-])c(OC)c1)C(=O)O. The zero-order chi connectivity index (χ0) is 18.3. The van der Waals surface area contributed by atoms with Gasteiger partial charge in [0.15, 0.2) is 6.61 Å². The first-order valence-electron chi connectivity index (χ1n) is 7.27. The summed E-state index contributed by atoms with van der Waals surface area (Å²) in [5, 5.41) is 22.3. The molecular weight excluding hydrogens is 320 g/mol. The van der Waals surface area contributed by atoms with Gasteiger partial charge in [-0.3, -0.25) is 14.9 Å². The number of ether oxygens (including phenoxy) is 2. The Morgan fingerprint density at radius 2 is 2.08 bits per heavy atom. The highest BCUT2D eigenvalue weighted by Crippen LogP contribution is 2.30. The molecule has 2 N–H and O–H groups in total. The van der Waals surface area contributed by atoms with E-state index in [-0.39, 0.29) is 23.1 Å². The average molecular weight is 340 g/mol. The van der Waals surface area contributed by atoms with Gasteiger partial charge in [0.25, 0.3) is 5.91 Å². The molecule has 0 aliphatic rings. The molecule has 1 aromatic rings. The van der Waals surface area contributed by atoms with Crippen LogP contribution in [-0.4, -0.2) is 41.7 Å². The largest absolute Gasteiger partial charge is 0.490 e. The normalized spacial score (nSPS) is 12.8. The fraction of sp³-hybridized carbons (Fsp3) is 0.467. The van der Waals surface area contributed by atoms with Crippen molar-refractivity contribution in [1.82, 2.24) is 5.32 Å². The second kappa shape index (κ2) is 8.70. The van der Waals surface area contributed by atoms with E-state index >= 15 is 0 Å². The predicted molar refractivity (Wildman–Crippen MR) is 84.2 cm³/mol. The van der Waals surface area contributed by atoms with Crippen LogP contribution in [0, 0.1) is 16.0 Å². The van der Waals surface area contributed by atoms with Crippen LogP contribution in [0.4, 0.5) is 5.69 Å². The fourth-order valence-corrected chi connectivity index (χ4v) is 1.95. The van der Waals surface area contributed by atoms with E-state index in [4.69, 9.17) is 14.6 Å². The summed E-state index contributed by atoms with van der Waals surface area (Å²) in [4.78, 5) is 33.2. The van der Waals surface area contributed by atoms with Gasteiger partial charge in [-0.2, -0.15) is 0 Å². The smallest absolute Gasteiger partial charge is 0.326 e. The minimum atomic E-state index is -1.12. The number of hydrogen-bond donors (Lipinski definition) is 2. The van der Waals surface area contributed by atoms with E-state index in [0.29, 0.717) is 6.42 Å². The summed E-state index contributed by atoms with van der Waals surface area (Å²) in [5.41, 5.74) is -0.225. The number of aliphatic carboxylic acids is 1. The quantitative estimate of drug-likeness (QED) is 0.516. The maximum absolute atomic E-state index is 11.8. The zero-order valence-electron chi connectivity index (χ0n) is 13.6. The summed E-state index contributed by atoms with van der Waals surface area (Å²) in [5.74, 6) is -1.75. The Hall–Kier alpha value is -2.84.